The first-order chi connectivity index (χ1) is 18.1. The number of rotatable bonds is 6. The zero-order valence-electron chi connectivity index (χ0n) is 19.4. The minimum absolute atomic E-state index is 0.0740. The van der Waals surface area contributed by atoms with E-state index in [1.807, 2.05) is 0 Å². The number of aromatic carboxylic acids is 4. The van der Waals surface area contributed by atoms with Crippen molar-refractivity contribution < 1.29 is 39.6 Å². The number of fused-ring (bicyclic) bond motifs is 2. The van der Waals surface area contributed by atoms with Crippen LogP contribution in [0, 0.1) is 0 Å². The molecular weight excluding hydrogens is 488 g/mol. The lowest BCUT2D eigenvalue weighted by molar-refractivity contribution is -0.255. The first kappa shape index (κ1) is 24.2. The molecule has 5 aromatic carbocycles. The van der Waals surface area contributed by atoms with Crippen LogP contribution in [-0.4, -0.2) is 34.1 Å². The summed E-state index contributed by atoms with van der Waals surface area (Å²) in [5.74, 6) is -5.35. The standard InChI is InChI=1S/C30H18O8/c31-27(32)21-7-3-15-11-19(5-1-17(15)13-21)23-9-10-24(29(35)36)25(26(23)30(37)38)20-6-2-18-14-22(28(33)34)8-4-16(18)12-20/h1-14H,(H,31,32)(H,33,34)(H,35,36)(H,37,38)/p-2. The van der Waals surface area contributed by atoms with Crippen molar-refractivity contribution in [1.29, 1.82) is 0 Å². The van der Waals surface area contributed by atoms with E-state index in [9.17, 15) is 39.6 Å². The second-order valence-corrected chi connectivity index (χ2v) is 8.65. The van der Waals surface area contributed by atoms with E-state index < -0.39 is 23.9 Å². The molecule has 8 nitrogen and oxygen atoms in total. The fourth-order valence-electron chi connectivity index (χ4n) is 4.61. The monoisotopic (exact) mass is 504 g/mol. The quantitative estimate of drug-likeness (QED) is 0.356. The molecule has 0 atom stereocenters. The summed E-state index contributed by atoms with van der Waals surface area (Å²) in [6, 6.07) is 21.2. The fraction of sp³-hybridized carbons (Fsp3) is 0. The average Bonchev–Trinajstić information content (AvgIpc) is 2.90. The van der Waals surface area contributed by atoms with Gasteiger partial charge >= 0.3 is 11.9 Å². The lowest BCUT2D eigenvalue weighted by atomic mass is 9.86. The molecule has 0 saturated heterocycles. The van der Waals surface area contributed by atoms with Crippen molar-refractivity contribution in [3.05, 3.63) is 107 Å². The van der Waals surface area contributed by atoms with Gasteiger partial charge in [-0.15, -0.1) is 0 Å². The Hall–Kier alpha value is -5.50. The highest BCUT2D eigenvalue weighted by molar-refractivity contribution is 6.10. The molecule has 0 radical (unpaired) electrons. The van der Waals surface area contributed by atoms with Gasteiger partial charge in [-0.25, -0.2) is 9.59 Å². The molecule has 0 fully saturated rings. The first-order valence-electron chi connectivity index (χ1n) is 11.3. The van der Waals surface area contributed by atoms with E-state index >= 15 is 0 Å². The molecule has 0 unspecified atom stereocenters. The normalized spacial score (nSPS) is 10.9. The summed E-state index contributed by atoms with van der Waals surface area (Å²) < 4.78 is 0. The highest BCUT2D eigenvalue weighted by Crippen LogP contribution is 2.37. The van der Waals surface area contributed by atoms with E-state index in [-0.39, 0.29) is 38.9 Å². The molecule has 0 bridgehead atoms. The molecule has 0 aliphatic heterocycles. The van der Waals surface area contributed by atoms with Crippen LogP contribution in [0.5, 0.6) is 0 Å². The van der Waals surface area contributed by atoms with Gasteiger partial charge in [0.1, 0.15) is 0 Å². The van der Waals surface area contributed by atoms with Gasteiger partial charge in [-0.2, -0.15) is 0 Å². The number of hydrogen-bond acceptors (Lipinski definition) is 6. The van der Waals surface area contributed by atoms with Crippen LogP contribution in [-0.2, 0) is 0 Å². The predicted octanol–water partition coefficient (Wildman–Crippen LogP) is 3.45. The van der Waals surface area contributed by atoms with Crippen molar-refractivity contribution in [2.75, 3.05) is 0 Å². The number of carbonyl (C=O) groups excluding carboxylic acids is 2. The number of carboxylic acid groups (broad SMARTS) is 4. The molecule has 8 heteroatoms. The van der Waals surface area contributed by atoms with Gasteiger partial charge in [0.25, 0.3) is 0 Å². The summed E-state index contributed by atoms with van der Waals surface area (Å²) in [6.07, 6.45) is 0. The van der Waals surface area contributed by atoms with Crippen LogP contribution in [0.1, 0.15) is 41.4 Å². The SMILES string of the molecule is O=C(O)c1ccc2cc(-c3ccc(C(=O)[O-])c(-c4ccc5cc(C(=O)O)ccc5c4)c3C(=O)[O-])ccc2c1. The molecule has 0 amide bonds. The molecule has 5 rings (SSSR count). The Morgan fingerprint density at radius 1 is 0.526 bits per heavy atom. The minimum atomic E-state index is -1.60. The van der Waals surface area contributed by atoms with Gasteiger partial charge in [-0.1, -0.05) is 48.5 Å². The van der Waals surface area contributed by atoms with Gasteiger partial charge in [0.15, 0.2) is 0 Å². The summed E-state index contributed by atoms with van der Waals surface area (Å²) in [5.41, 5.74) is 0.308. The van der Waals surface area contributed by atoms with E-state index in [1.165, 1.54) is 42.5 Å². The van der Waals surface area contributed by atoms with E-state index in [4.69, 9.17) is 0 Å². The lowest BCUT2D eigenvalue weighted by Crippen LogP contribution is -2.28. The largest absolute Gasteiger partial charge is 0.545 e. The summed E-state index contributed by atoms with van der Waals surface area (Å²) in [5, 5.41) is 45.4. The van der Waals surface area contributed by atoms with Gasteiger partial charge < -0.3 is 30.0 Å². The Morgan fingerprint density at radius 3 is 1.50 bits per heavy atom. The Kier molecular flexibility index (Phi) is 5.85. The summed E-state index contributed by atoms with van der Waals surface area (Å²) in [4.78, 5) is 47.1. The van der Waals surface area contributed by atoms with Crippen LogP contribution >= 0.6 is 0 Å². The van der Waals surface area contributed by atoms with Crippen molar-refractivity contribution in [1.82, 2.24) is 0 Å². The van der Waals surface area contributed by atoms with Crippen LogP contribution < -0.4 is 10.2 Å². The highest BCUT2D eigenvalue weighted by atomic mass is 16.4. The molecule has 0 saturated carbocycles. The Morgan fingerprint density at radius 2 is 1.00 bits per heavy atom. The number of hydrogen-bond donors (Lipinski definition) is 2. The van der Waals surface area contributed by atoms with Crippen molar-refractivity contribution in [2.45, 2.75) is 0 Å². The summed E-state index contributed by atoms with van der Waals surface area (Å²) in [6.45, 7) is 0. The predicted molar refractivity (Wildman–Crippen MR) is 135 cm³/mol. The van der Waals surface area contributed by atoms with Crippen LogP contribution in [0.3, 0.4) is 0 Å². The molecular formula is C30H16O8-2. The lowest BCUT2D eigenvalue weighted by Gasteiger charge is -2.21. The van der Waals surface area contributed by atoms with Crippen molar-refractivity contribution in [3.63, 3.8) is 0 Å². The number of benzene rings is 5. The third kappa shape index (κ3) is 4.20. The fourth-order valence-corrected chi connectivity index (χ4v) is 4.61. The Bertz CT molecular complexity index is 1830. The van der Waals surface area contributed by atoms with Gasteiger partial charge in [-0.05, 0) is 74.6 Å². The van der Waals surface area contributed by atoms with Crippen LogP contribution in [0.4, 0.5) is 0 Å². The summed E-state index contributed by atoms with van der Waals surface area (Å²) >= 11 is 0. The van der Waals surface area contributed by atoms with Crippen LogP contribution in [0.25, 0.3) is 43.8 Å². The molecule has 0 aliphatic rings. The third-order valence-corrected chi connectivity index (χ3v) is 6.40. The summed E-state index contributed by atoms with van der Waals surface area (Å²) in [7, 11) is 0. The van der Waals surface area contributed by atoms with Crippen LogP contribution in [0.15, 0.2) is 84.9 Å². The van der Waals surface area contributed by atoms with Crippen molar-refractivity contribution >= 4 is 45.4 Å². The smallest absolute Gasteiger partial charge is 0.335 e. The van der Waals surface area contributed by atoms with E-state index in [0.717, 1.165) is 0 Å². The number of carbonyl (C=O) groups is 4. The maximum atomic E-state index is 12.5. The van der Waals surface area contributed by atoms with Crippen molar-refractivity contribution in [3.8, 4) is 22.3 Å². The van der Waals surface area contributed by atoms with E-state index in [2.05, 4.69) is 0 Å². The molecule has 0 heterocycles. The third-order valence-electron chi connectivity index (χ3n) is 6.40. The van der Waals surface area contributed by atoms with Crippen LogP contribution in [0.2, 0.25) is 0 Å². The Balaban J connectivity index is 1.74. The second-order valence-electron chi connectivity index (χ2n) is 8.65. The molecule has 0 aliphatic carbocycles. The second kappa shape index (κ2) is 9.18. The molecule has 2 N–H and O–H groups in total. The maximum absolute atomic E-state index is 12.5. The van der Waals surface area contributed by atoms with E-state index in [1.54, 1.807) is 42.5 Å². The molecule has 186 valence electrons. The average molecular weight is 504 g/mol. The minimum Gasteiger partial charge on any atom is -0.545 e. The van der Waals surface area contributed by atoms with Gasteiger partial charge in [0.2, 0.25) is 0 Å². The highest BCUT2D eigenvalue weighted by Gasteiger charge is 2.19. The zero-order chi connectivity index (χ0) is 27.1. The van der Waals surface area contributed by atoms with Gasteiger partial charge in [0.05, 0.1) is 23.1 Å². The van der Waals surface area contributed by atoms with E-state index in [0.29, 0.717) is 27.1 Å². The first-order valence-corrected chi connectivity index (χ1v) is 11.3. The van der Waals surface area contributed by atoms with Gasteiger partial charge in [0, 0.05) is 16.7 Å². The maximum Gasteiger partial charge on any atom is 0.335 e. The molecule has 0 aromatic heterocycles. The Labute approximate surface area is 214 Å². The molecule has 5 aromatic rings. The van der Waals surface area contributed by atoms with Gasteiger partial charge in [-0.3, -0.25) is 0 Å². The molecule has 38 heavy (non-hydrogen) atoms. The number of carboxylic acids is 4. The topological polar surface area (TPSA) is 155 Å². The molecule has 0 spiro atoms. The zero-order valence-corrected chi connectivity index (χ0v) is 19.4. The van der Waals surface area contributed by atoms with Crippen molar-refractivity contribution in [2.24, 2.45) is 0 Å².